The van der Waals surface area contributed by atoms with Gasteiger partial charge in [-0.05, 0) is 30.5 Å². The van der Waals surface area contributed by atoms with Crippen molar-refractivity contribution in [3.05, 3.63) is 29.8 Å². The van der Waals surface area contributed by atoms with Crippen molar-refractivity contribution in [2.24, 2.45) is 11.5 Å². The van der Waals surface area contributed by atoms with Gasteiger partial charge in [-0.15, -0.1) is 0 Å². The Morgan fingerprint density at radius 2 is 1.41 bits per heavy atom. The number of carbonyl (C=O) groups excluding carboxylic acids is 1. The molecular weight excluding hydrogens is 280 g/mol. The van der Waals surface area contributed by atoms with E-state index in [9.17, 15) is 0 Å². The summed E-state index contributed by atoms with van der Waals surface area (Å²) in [5.41, 5.74) is 9.84. The topological polar surface area (TPSA) is 98.6 Å². The Balaban J connectivity index is 0. The van der Waals surface area contributed by atoms with Crippen LogP contribution in [0.4, 0.5) is 4.79 Å². The van der Waals surface area contributed by atoms with E-state index >= 15 is 0 Å². The first-order valence-corrected chi connectivity index (χ1v) is 7.70. The number of aryl methyl sites for hydroxylation is 1. The van der Waals surface area contributed by atoms with Gasteiger partial charge in [0.1, 0.15) is 5.75 Å². The summed E-state index contributed by atoms with van der Waals surface area (Å²) in [5.74, 6) is 0.363. The lowest BCUT2D eigenvalue weighted by molar-refractivity contribution is 0.256. The molecule has 5 nitrogen and oxygen atoms in total. The van der Waals surface area contributed by atoms with Crippen LogP contribution in [0.5, 0.6) is 5.75 Å². The van der Waals surface area contributed by atoms with E-state index in [2.05, 4.69) is 23.1 Å². The molecule has 0 atom stereocenters. The lowest BCUT2D eigenvalue weighted by Gasteiger charge is -2.02. The first-order chi connectivity index (χ1) is 10.5. The normalized spacial score (nSPS) is 9.05. The average Bonchev–Trinajstić information content (AvgIpc) is 2.45. The molecule has 0 aromatic heterocycles. The van der Waals surface area contributed by atoms with Crippen LogP contribution in [0.3, 0.4) is 0 Å². The predicted molar refractivity (Wildman–Crippen MR) is 91.9 cm³/mol. The van der Waals surface area contributed by atoms with Gasteiger partial charge in [0, 0.05) is 14.2 Å². The molecule has 1 aromatic rings. The molecule has 5 N–H and O–H groups in total. The van der Waals surface area contributed by atoms with Gasteiger partial charge in [0.2, 0.25) is 0 Å². The Morgan fingerprint density at radius 1 is 1.00 bits per heavy atom. The Hall–Kier alpha value is -1.75. The largest absolute Gasteiger partial charge is 0.508 e. The van der Waals surface area contributed by atoms with E-state index in [4.69, 9.17) is 9.90 Å². The van der Waals surface area contributed by atoms with Crippen molar-refractivity contribution >= 4 is 6.03 Å². The van der Waals surface area contributed by atoms with E-state index in [0.29, 0.717) is 5.75 Å². The summed E-state index contributed by atoms with van der Waals surface area (Å²) in [4.78, 5) is 9.00. The second-order valence-corrected chi connectivity index (χ2v) is 4.99. The van der Waals surface area contributed by atoms with Crippen LogP contribution in [0, 0.1) is 0 Å². The Morgan fingerprint density at radius 3 is 1.86 bits per heavy atom. The van der Waals surface area contributed by atoms with Crippen molar-refractivity contribution < 1.29 is 14.6 Å². The minimum Gasteiger partial charge on any atom is -0.508 e. The highest BCUT2D eigenvalue weighted by molar-refractivity contribution is 5.69. The van der Waals surface area contributed by atoms with Gasteiger partial charge in [-0.1, -0.05) is 51.2 Å². The fourth-order valence-electron chi connectivity index (χ4n) is 1.77. The molecule has 1 aromatic carbocycles. The zero-order chi connectivity index (χ0) is 17.2. The highest BCUT2D eigenvalue weighted by atomic mass is 16.4. The summed E-state index contributed by atoms with van der Waals surface area (Å²) < 4.78 is 4.25. The van der Waals surface area contributed by atoms with E-state index in [-0.39, 0.29) is 0 Å². The van der Waals surface area contributed by atoms with E-state index in [0.717, 1.165) is 6.42 Å². The zero-order valence-corrected chi connectivity index (χ0v) is 14.2. The number of rotatable bonds is 7. The number of ether oxygens (including phenoxy) is 1. The lowest BCUT2D eigenvalue weighted by atomic mass is 10.1. The van der Waals surface area contributed by atoms with Crippen molar-refractivity contribution in [1.29, 1.82) is 0 Å². The van der Waals surface area contributed by atoms with Gasteiger partial charge in [0.05, 0.1) is 0 Å². The van der Waals surface area contributed by atoms with E-state index < -0.39 is 6.03 Å². The molecule has 0 spiro atoms. The predicted octanol–water partition coefficient (Wildman–Crippen LogP) is 3.58. The first kappa shape index (κ1) is 22.5. The standard InChI is InChI=1S/C14H22O.C2H6O.CH4N2O/c1-2-3-4-5-6-7-8-13-9-11-14(15)12-10-13;1-3-2;2-1(3)4/h9-12,15H,2-8H2,1H3;1-2H3;(H4,2,3,4). The molecule has 2 amide bonds. The van der Waals surface area contributed by atoms with E-state index in [1.165, 1.54) is 44.1 Å². The van der Waals surface area contributed by atoms with Crippen LogP contribution in [-0.4, -0.2) is 25.4 Å². The van der Waals surface area contributed by atoms with Crippen LogP contribution in [0.2, 0.25) is 0 Å². The van der Waals surface area contributed by atoms with Crippen molar-refractivity contribution in [2.75, 3.05) is 14.2 Å². The number of urea groups is 1. The fourth-order valence-corrected chi connectivity index (χ4v) is 1.77. The summed E-state index contributed by atoms with van der Waals surface area (Å²) in [6, 6.07) is 6.74. The van der Waals surface area contributed by atoms with E-state index in [1.807, 2.05) is 12.1 Å². The second-order valence-electron chi connectivity index (χ2n) is 4.99. The van der Waals surface area contributed by atoms with Crippen LogP contribution in [0.15, 0.2) is 24.3 Å². The maximum atomic E-state index is 9.13. The van der Waals surface area contributed by atoms with Crippen LogP contribution >= 0.6 is 0 Å². The molecule has 0 aliphatic carbocycles. The van der Waals surface area contributed by atoms with Gasteiger partial charge in [-0.3, -0.25) is 0 Å². The third-order valence-corrected chi connectivity index (χ3v) is 2.76. The molecule has 0 radical (unpaired) electrons. The fraction of sp³-hybridized carbons (Fsp3) is 0.588. The van der Waals surface area contributed by atoms with Crippen molar-refractivity contribution in [2.45, 2.75) is 51.9 Å². The molecular formula is C17H32N2O3. The van der Waals surface area contributed by atoms with Crippen LogP contribution in [0.1, 0.15) is 51.0 Å². The molecule has 128 valence electrons. The zero-order valence-electron chi connectivity index (χ0n) is 14.2. The Bertz CT molecular complexity index is 349. The van der Waals surface area contributed by atoms with Gasteiger partial charge in [0.15, 0.2) is 0 Å². The van der Waals surface area contributed by atoms with Gasteiger partial charge in [0.25, 0.3) is 0 Å². The number of benzene rings is 1. The molecule has 5 heteroatoms. The molecule has 0 heterocycles. The molecule has 0 bridgehead atoms. The highest BCUT2D eigenvalue weighted by Crippen LogP contribution is 2.13. The Kier molecular flexibility index (Phi) is 17.7. The molecule has 22 heavy (non-hydrogen) atoms. The van der Waals surface area contributed by atoms with Crippen LogP contribution in [-0.2, 0) is 11.2 Å². The minimum absolute atomic E-state index is 0.363. The number of carbonyl (C=O) groups is 1. The third kappa shape index (κ3) is 20.6. The number of phenols is 1. The summed E-state index contributed by atoms with van der Waals surface area (Å²) in [7, 11) is 3.25. The number of primary amides is 2. The number of aromatic hydroxyl groups is 1. The summed E-state index contributed by atoms with van der Waals surface area (Å²) in [6.45, 7) is 2.25. The lowest BCUT2D eigenvalue weighted by Crippen LogP contribution is -2.18. The number of hydrogen-bond donors (Lipinski definition) is 3. The van der Waals surface area contributed by atoms with Crippen molar-refractivity contribution in [3.8, 4) is 5.75 Å². The van der Waals surface area contributed by atoms with Crippen LogP contribution in [0.25, 0.3) is 0 Å². The number of amides is 2. The summed E-state index contributed by atoms with van der Waals surface area (Å²) in [5, 5.41) is 9.13. The Labute approximate surface area is 134 Å². The number of hydrogen-bond acceptors (Lipinski definition) is 3. The monoisotopic (exact) mass is 312 g/mol. The maximum absolute atomic E-state index is 9.13. The second kappa shape index (κ2) is 17.3. The smallest absolute Gasteiger partial charge is 0.309 e. The third-order valence-electron chi connectivity index (χ3n) is 2.76. The van der Waals surface area contributed by atoms with Crippen molar-refractivity contribution in [3.63, 3.8) is 0 Å². The quantitative estimate of drug-likeness (QED) is 0.671. The average molecular weight is 312 g/mol. The first-order valence-electron chi connectivity index (χ1n) is 7.70. The molecule has 0 fully saturated rings. The molecule has 0 saturated carbocycles. The SMILES string of the molecule is CCCCCCCCc1ccc(O)cc1.COC.NC(N)=O. The van der Waals surface area contributed by atoms with Crippen LogP contribution < -0.4 is 11.5 Å². The number of phenolic OH excluding ortho intramolecular Hbond substituents is 1. The summed E-state index contributed by atoms with van der Waals surface area (Å²) in [6.07, 6.45) is 9.19. The molecule has 0 saturated heterocycles. The van der Waals surface area contributed by atoms with Gasteiger partial charge >= 0.3 is 6.03 Å². The van der Waals surface area contributed by atoms with Gasteiger partial charge < -0.3 is 21.3 Å². The van der Waals surface area contributed by atoms with Gasteiger partial charge in [-0.25, -0.2) is 4.79 Å². The number of methoxy groups -OCH3 is 1. The van der Waals surface area contributed by atoms with Gasteiger partial charge in [-0.2, -0.15) is 0 Å². The number of unbranched alkanes of at least 4 members (excludes halogenated alkanes) is 5. The highest BCUT2D eigenvalue weighted by Gasteiger charge is 1.94. The molecule has 1 rings (SSSR count). The molecule has 0 aliphatic heterocycles. The van der Waals surface area contributed by atoms with Crippen molar-refractivity contribution in [1.82, 2.24) is 0 Å². The maximum Gasteiger partial charge on any atom is 0.309 e. The number of nitrogens with two attached hydrogens (primary N) is 2. The molecule has 0 aliphatic rings. The summed E-state index contributed by atoms with van der Waals surface area (Å²) >= 11 is 0. The van der Waals surface area contributed by atoms with E-state index in [1.54, 1.807) is 26.4 Å². The minimum atomic E-state index is -0.833. The molecule has 0 unspecified atom stereocenters.